The maximum absolute atomic E-state index is 12.8. The van der Waals surface area contributed by atoms with E-state index in [0.29, 0.717) is 6.42 Å². The molecule has 6 nitrogen and oxygen atoms in total. The molecule has 1 aliphatic heterocycles. The minimum atomic E-state index is -0.989. The smallest absolute Gasteiger partial charge is 0.417 e. The maximum Gasteiger partial charge on any atom is 0.417 e. The van der Waals surface area contributed by atoms with Crippen LogP contribution >= 0.6 is 0 Å². The molecule has 0 bridgehead atoms. The molecule has 0 aromatic heterocycles. The summed E-state index contributed by atoms with van der Waals surface area (Å²) in [5.74, 6) is -1.04. The zero-order valence-corrected chi connectivity index (χ0v) is 15.8. The third-order valence-electron chi connectivity index (χ3n) is 3.55. The molecule has 0 radical (unpaired) electrons. The van der Waals surface area contributed by atoms with Gasteiger partial charge in [0, 0.05) is 0 Å². The molecule has 2 atom stereocenters. The second kappa shape index (κ2) is 6.57. The van der Waals surface area contributed by atoms with E-state index in [2.05, 4.69) is 6.58 Å². The first-order valence-electron chi connectivity index (χ1n) is 8.10. The minimum absolute atomic E-state index is 0.187. The quantitative estimate of drug-likeness (QED) is 0.582. The molecule has 136 valence electrons. The van der Waals surface area contributed by atoms with Crippen LogP contribution in [0.5, 0.6) is 0 Å². The third-order valence-corrected chi connectivity index (χ3v) is 3.55. The van der Waals surface area contributed by atoms with Gasteiger partial charge in [-0.25, -0.2) is 14.5 Å². The maximum atomic E-state index is 12.8. The summed E-state index contributed by atoms with van der Waals surface area (Å²) in [6, 6.07) is -0.989. The van der Waals surface area contributed by atoms with Crippen LogP contribution in [-0.4, -0.2) is 40.1 Å². The topological polar surface area (TPSA) is 72.9 Å². The van der Waals surface area contributed by atoms with Crippen molar-refractivity contribution in [3.63, 3.8) is 0 Å². The summed E-state index contributed by atoms with van der Waals surface area (Å²) in [6.07, 6.45) is 1.34. The van der Waals surface area contributed by atoms with Crippen LogP contribution in [0.15, 0.2) is 12.7 Å². The zero-order chi connectivity index (χ0) is 18.9. The van der Waals surface area contributed by atoms with Gasteiger partial charge in [-0.1, -0.05) is 13.0 Å². The fourth-order valence-corrected chi connectivity index (χ4v) is 2.61. The van der Waals surface area contributed by atoms with Gasteiger partial charge in [0.1, 0.15) is 17.2 Å². The number of likely N-dealkylation sites (tertiary alicyclic amines) is 1. The Morgan fingerprint density at radius 1 is 1.21 bits per heavy atom. The number of amides is 2. The Bertz CT molecular complexity index is 541. The van der Waals surface area contributed by atoms with Gasteiger partial charge < -0.3 is 9.47 Å². The van der Waals surface area contributed by atoms with Crippen molar-refractivity contribution in [3.05, 3.63) is 12.7 Å². The molecule has 1 fully saturated rings. The summed E-state index contributed by atoms with van der Waals surface area (Å²) < 4.78 is 10.7. The average Bonchev–Trinajstić information content (AvgIpc) is 2.58. The summed E-state index contributed by atoms with van der Waals surface area (Å²) >= 11 is 0. The van der Waals surface area contributed by atoms with Crippen molar-refractivity contribution in [2.45, 2.75) is 78.6 Å². The lowest BCUT2D eigenvalue weighted by molar-refractivity contribution is -0.161. The van der Waals surface area contributed by atoms with E-state index in [4.69, 9.17) is 9.47 Å². The van der Waals surface area contributed by atoms with E-state index in [-0.39, 0.29) is 6.42 Å². The third kappa shape index (κ3) is 4.82. The minimum Gasteiger partial charge on any atom is -0.458 e. The first kappa shape index (κ1) is 20.2. The van der Waals surface area contributed by atoms with Crippen LogP contribution < -0.4 is 0 Å². The lowest BCUT2D eigenvalue weighted by Gasteiger charge is -2.28. The van der Waals surface area contributed by atoms with Gasteiger partial charge in [-0.2, -0.15) is 0 Å². The number of carbonyl (C=O) groups excluding carboxylic acids is 3. The molecule has 2 amide bonds. The Morgan fingerprint density at radius 2 is 1.71 bits per heavy atom. The average molecular weight is 339 g/mol. The summed E-state index contributed by atoms with van der Waals surface area (Å²) in [6.45, 7) is 15.7. The molecule has 0 N–H and O–H groups in total. The highest BCUT2D eigenvalue weighted by Crippen LogP contribution is 2.40. The normalized spacial score (nSPS) is 24.7. The summed E-state index contributed by atoms with van der Waals surface area (Å²) in [5.41, 5.74) is -2.36. The molecule has 0 aliphatic carbocycles. The largest absolute Gasteiger partial charge is 0.458 e. The highest BCUT2D eigenvalue weighted by Gasteiger charge is 2.55. The molecule has 2 unspecified atom stereocenters. The Hall–Kier alpha value is -1.85. The molecule has 0 aromatic rings. The van der Waals surface area contributed by atoms with Crippen LogP contribution in [0.4, 0.5) is 4.79 Å². The van der Waals surface area contributed by atoms with Crippen LogP contribution in [0.1, 0.15) is 61.3 Å². The van der Waals surface area contributed by atoms with Crippen molar-refractivity contribution in [2.75, 3.05) is 0 Å². The number of allylic oxidation sites excluding steroid dienone is 1. The van der Waals surface area contributed by atoms with E-state index in [0.717, 1.165) is 4.90 Å². The fourth-order valence-electron chi connectivity index (χ4n) is 2.61. The first-order chi connectivity index (χ1) is 10.7. The molecule has 1 rings (SSSR count). The van der Waals surface area contributed by atoms with Gasteiger partial charge in [-0.15, -0.1) is 6.58 Å². The predicted molar refractivity (Wildman–Crippen MR) is 90.3 cm³/mol. The highest BCUT2D eigenvalue weighted by molar-refractivity contribution is 6.02. The monoisotopic (exact) mass is 339 g/mol. The van der Waals surface area contributed by atoms with Crippen LogP contribution in [0.2, 0.25) is 0 Å². The van der Waals surface area contributed by atoms with E-state index in [1.165, 1.54) is 0 Å². The van der Waals surface area contributed by atoms with Gasteiger partial charge in [0.15, 0.2) is 0 Å². The first-order valence-corrected chi connectivity index (χ1v) is 8.10. The van der Waals surface area contributed by atoms with Crippen molar-refractivity contribution in [2.24, 2.45) is 5.41 Å². The number of carbonyl (C=O) groups is 3. The van der Waals surface area contributed by atoms with Crippen LogP contribution in [0, 0.1) is 5.41 Å². The van der Waals surface area contributed by atoms with E-state index >= 15 is 0 Å². The van der Waals surface area contributed by atoms with Crippen molar-refractivity contribution >= 4 is 18.0 Å². The fraction of sp³-hybridized carbons (Fsp3) is 0.722. The van der Waals surface area contributed by atoms with E-state index < -0.39 is 40.6 Å². The molecule has 24 heavy (non-hydrogen) atoms. The molecule has 0 saturated carbocycles. The van der Waals surface area contributed by atoms with Crippen molar-refractivity contribution in [3.8, 4) is 0 Å². The number of nitrogens with zero attached hydrogens (tertiary/aromatic N) is 1. The van der Waals surface area contributed by atoms with E-state index in [1.807, 2.05) is 0 Å². The molecule has 0 aromatic carbocycles. The number of imide groups is 1. The van der Waals surface area contributed by atoms with Gasteiger partial charge in [0.25, 0.3) is 0 Å². The number of hydrogen-bond acceptors (Lipinski definition) is 5. The van der Waals surface area contributed by atoms with E-state index in [1.54, 1.807) is 54.5 Å². The van der Waals surface area contributed by atoms with Gasteiger partial charge in [-0.3, -0.25) is 4.79 Å². The highest BCUT2D eigenvalue weighted by atomic mass is 16.6. The number of ether oxygens (including phenoxy) is 2. The summed E-state index contributed by atoms with van der Waals surface area (Å²) in [4.78, 5) is 38.7. The van der Waals surface area contributed by atoms with Crippen molar-refractivity contribution in [1.82, 2.24) is 4.90 Å². The summed E-state index contributed by atoms with van der Waals surface area (Å²) in [5, 5.41) is 0. The number of esters is 1. The second-order valence-corrected chi connectivity index (χ2v) is 8.46. The Balaban J connectivity index is 3.16. The Kier molecular flexibility index (Phi) is 5.53. The van der Waals surface area contributed by atoms with Crippen molar-refractivity contribution in [1.29, 1.82) is 0 Å². The van der Waals surface area contributed by atoms with Gasteiger partial charge >= 0.3 is 12.1 Å². The molecule has 1 heterocycles. The van der Waals surface area contributed by atoms with Crippen molar-refractivity contribution < 1.29 is 23.9 Å². The van der Waals surface area contributed by atoms with Crippen LogP contribution in [0.25, 0.3) is 0 Å². The Labute approximate surface area is 144 Å². The molecular weight excluding hydrogens is 310 g/mol. The standard InChI is InChI=1S/C18H29NO5/c1-9-10-18(8)11-12(13(20)23-16(2,3)4)19(14(18)21)15(22)24-17(5,6)7/h9,12H,1,10-11H2,2-8H3. The molecule has 6 heteroatoms. The zero-order valence-electron chi connectivity index (χ0n) is 15.8. The lowest BCUT2D eigenvalue weighted by Crippen LogP contribution is -2.48. The van der Waals surface area contributed by atoms with Crippen LogP contribution in [-0.2, 0) is 19.1 Å². The lowest BCUT2D eigenvalue weighted by atomic mass is 9.83. The number of rotatable bonds is 3. The molecule has 1 aliphatic rings. The van der Waals surface area contributed by atoms with Crippen LogP contribution in [0.3, 0.4) is 0 Å². The SMILES string of the molecule is C=CCC1(C)CC(C(=O)OC(C)(C)C)N(C(=O)OC(C)(C)C)C1=O. The molecule has 1 saturated heterocycles. The number of hydrogen-bond donors (Lipinski definition) is 0. The predicted octanol–water partition coefficient (Wildman–Crippen LogP) is 3.45. The molecular formula is C18H29NO5. The molecule has 0 spiro atoms. The summed E-state index contributed by atoms with van der Waals surface area (Å²) in [7, 11) is 0. The van der Waals surface area contributed by atoms with E-state index in [9.17, 15) is 14.4 Å². The Morgan fingerprint density at radius 3 is 2.12 bits per heavy atom. The van der Waals surface area contributed by atoms with Gasteiger partial charge in [-0.05, 0) is 54.4 Å². The van der Waals surface area contributed by atoms with Gasteiger partial charge in [0.2, 0.25) is 5.91 Å². The van der Waals surface area contributed by atoms with Gasteiger partial charge in [0.05, 0.1) is 5.41 Å². The second-order valence-electron chi connectivity index (χ2n) is 8.46.